The topological polar surface area (TPSA) is 106 Å². The van der Waals surface area contributed by atoms with Gasteiger partial charge in [0.1, 0.15) is 5.92 Å². The molecule has 0 saturated heterocycles. The van der Waals surface area contributed by atoms with Crippen molar-refractivity contribution in [3.63, 3.8) is 0 Å². The molecule has 1 aliphatic rings. The number of carbonyl (C=O) groups excluding carboxylic acids is 2. The predicted molar refractivity (Wildman–Crippen MR) is 104 cm³/mol. The lowest BCUT2D eigenvalue weighted by molar-refractivity contribution is -0.125. The second-order valence-corrected chi connectivity index (χ2v) is 8.03. The van der Waals surface area contributed by atoms with E-state index in [2.05, 4.69) is 16.7 Å². The second kappa shape index (κ2) is 8.94. The van der Waals surface area contributed by atoms with E-state index < -0.39 is 17.2 Å². The van der Waals surface area contributed by atoms with Crippen LogP contribution in [-0.2, 0) is 16.0 Å². The molecule has 8 heteroatoms. The summed E-state index contributed by atoms with van der Waals surface area (Å²) in [5, 5.41) is 25.0. The van der Waals surface area contributed by atoms with Crippen LogP contribution in [0.5, 0.6) is 0 Å². The number of amides is 2. The number of allylic oxidation sites excluding steroid dienone is 1. The van der Waals surface area contributed by atoms with Crippen molar-refractivity contribution in [2.45, 2.75) is 20.3 Å². The molecular weight excluding hydrogens is 384 g/mol. The number of nitriles is 2. The molecule has 0 aliphatic carbocycles. The summed E-state index contributed by atoms with van der Waals surface area (Å²) in [5.74, 6) is -1.54. The summed E-state index contributed by atoms with van der Waals surface area (Å²) < 4.78 is 0. The minimum Gasteiger partial charge on any atom is -0.355 e. The largest absolute Gasteiger partial charge is 0.355 e. The summed E-state index contributed by atoms with van der Waals surface area (Å²) in [6.07, 6.45) is 0.650. The molecule has 1 aromatic rings. The highest BCUT2D eigenvalue weighted by Gasteiger charge is 2.44. The van der Waals surface area contributed by atoms with Crippen molar-refractivity contribution in [1.82, 2.24) is 10.6 Å². The first-order chi connectivity index (χ1) is 12.8. The van der Waals surface area contributed by atoms with Crippen LogP contribution in [0, 0.1) is 34.0 Å². The molecular formula is C19H19ClN4O2S. The Labute approximate surface area is 167 Å². The Morgan fingerprint density at radius 2 is 2.15 bits per heavy atom. The van der Waals surface area contributed by atoms with Crippen molar-refractivity contribution < 1.29 is 9.59 Å². The van der Waals surface area contributed by atoms with Crippen molar-refractivity contribution in [3.8, 4) is 12.1 Å². The van der Waals surface area contributed by atoms with Crippen LogP contribution in [0.15, 0.2) is 34.9 Å². The van der Waals surface area contributed by atoms with E-state index in [0.717, 1.165) is 17.3 Å². The maximum absolute atomic E-state index is 12.1. The number of carbonyl (C=O) groups is 2. The van der Waals surface area contributed by atoms with E-state index in [1.807, 2.05) is 24.3 Å². The van der Waals surface area contributed by atoms with Crippen LogP contribution >= 0.6 is 23.4 Å². The molecule has 2 amide bonds. The highest BCUT2D eigenvalue weighted by molar-refractivity contribution is 8.03. The molecule has 0 radical (unpaired) electrons. The van der Waals surface area contributed by atoms with Crippen molar-refractivity contribution in [1.29, 1.82) is 10.5 Å². The molecule has 2 N–H and O–H groups in total. The van der Waals surface area contributed by atoms with Gasteiger partial charge < -0.3 is 10.6 Å². The maximum atomic E-state index is 12.1. The van der Waals surface area contributed by atoms with Crippen LogP contribution in [0.3, 0.4) is 0 Å². The number of benzene rings is 1. The molecule has 0 spiro atoms. The summed E-state index contributed by atoms with van der Waals surface area (Å²) >= 11 is 7.02. The smallest absolute Gasteiger partial charge is 0.243 e. The molecule has 1 aromatic carbocycles. The molecule has 1 atom stereocenters. The fraction of sp³-hybridized carbons (Fsp3) is 0.368. The average Bonchev–Trinajstić information content (AvgIpc) is 2.59. The van der Waals surface area contributed by atoms with Gasteiger partial charge in [-0.2, -0.15) is 10.5 Å². The Bertz CT molecular complexity index is 867. The van der Waals surface area contributed by atoms with Crippen molar-refractivity contribution in [2.75, 3.05) is 12.3 Å². The van der Waals surface area contributed by atoms with Crippen LogP contribution in [0.1, 0.15) is 19.4 Å². The summed E-state index contributed by atoms with van der Waals surface area (Å²) in [7, 11) is 0. The van der Waals surface area contributed by atoms with Gasteiger partial charge in [-0.25, -0.2) is 0 Å². The van der Waals surface area contributed by atoms with Gasteiger partial charge in [0.05, 0.1) is 28.5 Å². The minimum absolute atomic E-state index is 0.0592. The number of thioether (sulfide) groups is 1. The van der Waals surface area contributed by atoms with E-state index in [9.17, 15) is 20.1 Å². The fourth-order valence-corrected chi connectivity index (χ4v) is 3.98. The summed E-state index contributed by atoms with van der Waals surface area (Å²) in [6, 6.07) is 11.4. The third-order valence-electron chi connectivity index (χ3n) is 4.31. The lowest BCUT2D eigenvalue weighted by atomic mass is 9.72. The summed E-state index contributed by atoms with van der Waals surface area (Å²) in [4.78, 5) is 24.2. The third-order valence-corrected chi connectivity index (χ3v) is 5.54. The molecule has 1 aliphatic heterocycles. The zero-order valence-corrected chi connectivity index (χ0v) is 16.6. The Balaban J connectivity index is 1.93. The average molecular weight is 403 g/mol. The van der Waals surface area contributed by atoms with E-state index in [4.69, 9.17) is 11.6 Å². The molecule has 1 heterocycles. The molecule has 6 nitrogen and oxygen atoms in total. The molecule has 2 rings (SSSR count). The lowest BCUT2D eigenvalue weighted by Gasteiger charge is -2.34. The summed E-state index contributed by atoms with van der Waals surface area (Å²) in [5.41, 5.74) is 0.427. The summed E-state index contributed by atoms with van der Waals surface area (Å²) in [6.45, 7) is 3.83. The van der Waals surface area contributed by atoms with Gasteiger partial charge in [-0.05, 0) is 24.1 Å². The van der Waals surface area contributed by atoms with E-state index >= 15 is 0 Å². The lowest BCUT2D eigenvalue weighted by Crippen LogP contribution is -2.44. The van der Waals surface area contributed by atoms with Crippen LogP contribution in [0.4, 0.5) is 0 Å². The first-order valence-electron chi connectivity index (χ1n) is 8.29. The van der Waals surface area contributed by atoms with Crippen molar-refractivity contribution >= 4 is 35.2 Å². The van der Waals surface area contributed by atoms with Crippen LogP contribution < -0.4 is 10.6 Å². The van der Waals surface area contributed by atoms with Gasteiger partial charge >= 0.3 is 0 Å². The number of hydrogen-bond donors (Lipinski definition) is 2. The number of halogens is 1. The van der Waals surface area contributed by atoms with E-state index in [1.54, 1.807) is 19.9 Å². The Hall–Kier alpha value is -2.48. The first-order valence-corrected chi connectivity index (χ1v) is 9.65. The SMILES string of the molecule is CC1(C)C(C#N)=C(SCC(=O)NCCc2cccc(Cl)c2)NC(=O)[C@H]1C#N. The molecule has 0 saturated carbocycles. The quantitative estimate of drug-likeness (QED) is 0.760. The van der Waals surface area contributed by atoms with Gasteiger partial charge in [0.15, 0.2) is 0 Å². The standard InChI is InChI=1S/C19H19ClN4O2S/c1-19(2)14(9-21)17(26)24-18(15(19)10-22)27-11-16(25)23-7-6-12-4-3-5-13(20)8-12/h3-5,8,14H,6-7,11H2,1-2H3,(H,23,25)(H,24,26)/t14-/m1/s1. The van der Waals surface area contributed by atoms with Crippen LogP contribution in [0.2, 0.25) is 5.02 Å². The Morgan fingerprint density at radius 1 is 1.41 bits per heavy atom. The zero-order valence-electron chi connectivity index (χ0n) is 15.0. The van der Waals surface area contributed by atoms with Crippen molar-refractivity contribution in [2.24, 2.45) is 11.3 Å². The van der Waals surface area contributed by atoms with E-state index in [0.29, 0.717) is 28.6 Å². The molecule has 0 bridgehead atoms. The normalized spacial score (nSPS) is 18.3. The minimum atomic E-state index is -0.942. The second-order valence-electron chi connectivity index (χ2n) is 6.61. The fourth-order valence-electron chi connectivity index (χ4n) is 2.76. The predicted octanol–water partition coefficient (Wildman–Crippen LogP) is 2.76. The number of nitrogens with zero attached hydrogens (tertiary/aromatic N) is 2. The van der Waals surface area contributed by atoms with E-state index in [1.165, 1.54) is 0 Å². The number of rotatable bonds is 6. The zero-order chi connectivity index (χ0) is 20.0. The van der Waals surface area contributed by atoms with Crippen LogP contribution in [0.25, 0.3) is 0 Å². The molecule has 0 aromatic heterocycles. The number of nitrogens with one attached hydrogen (secondary N) is 2. The van der Waals surface area contributed by atoms with Gasteiger partial charge in [-0.1, -0.05) is 49.3 Å². The van der Waals surface area contributed by atoms with Crippen molar-refractivity contribution in [3.05, 3.63) is 45.5 Å². The van der Waals surface area contributed by atoms with Gasteiger partial charge in [-0.15, -0.1) is 0 Å². The number of hydrogen-bond acceptors (Lipinski definition) is 5. The van der Waals surface area contributed by atoms with E-state index in [-0.39, 0.29) is 11.7 Å². The molecule has 0 fully saturated rings. The van der Waals surface area contributed by atoms with Gasteiger partial charge in [0.25, 0.3) is 0 Å². The Morgan fingerprint density at radius 3 is 2.78 bits per heavy atom. The molecule has 27 heavy (non-hydrogen) atoms. The highest BCUT2D eigenvalue weighted by Crippen LogP contribution is 2.41. The maximum Gasteiger partial charge on any atom is 0.243 e. The highest BCUT2D eigenvalue weighted by atomic mass is 35.5. The third kappa shape index (κ3) is 5.03. The Kier molecular flexibility index (Phi) is 6.90. The van der Waals surface area contributed by atoms with Gasteiger partial charge in [0, 0.05) is 17.0 Å². The van der Waals surface area contributed by atoms with Crippen LogP contribution in [-0.4, -0.2) is 24.1 Å². The van der Waals surface area contributed by atoms with Gasteiger partial charge in [0.2, 0.25) is 11.8 Å². The monoisotopic (exact) mass is 402 g/mol. The molecule has 140 valence electrons. The molecule has 0 unspecified atom stereocenters. The first kappa shape index (κ1) is 20.8. The van der Waals surface area contributed by atoms with Gasteiger partial charge in [-0.3, -0.25) is 9.59 Å².